The molecular weight excluding hydrogens is 388 g/mol. The van der Waals surface area contributed by atoms with E-state index in [-0.39, 0.29) is 18.2 Å². The molecule has 3 heterocycles. The lowest BCUT2D eigenvalue weighted by molar-refractivity contribution is 0.0713. The SMILES string of the molecule is O=C(c1cnn(Cc2ccccc2)c1)N(Cc1ccncc1)C1C=CS(=O)(=O)C1. The number of sulfone groups is 1. The van der Waals surface area contributed by atoms with Crippen molar-refractivity contribution in [2.24, 2.45) is 0 Å². The third kappa shape index (κ3) is 4.60. The maximum absolute atomic E-state index is 13.2. The van der Waals surface area contributed by atoms with Crippen LogP contribution >= 0.6 is 0 Å². The molecule has 0 radical (unpaired) electrons. The van der Waals surface area contributed by atoms with Crippen molar-refractivity contribution >= 4 is 15.7 Å². The molecule has 0 spiro atoms. The molecule has 1 amide bonds. The lowest BCUT2D eigenvalue weighted by Crippen LogP contribution is -2.40. The number of amides is 1. The molecule has 29 heavy (non-hydrogen) atoms. The lowest BCUT2D eigenvalue weighted by atomic mass is 10.1. The Hall–Kier alpha value is -3.26. The van der Waals surface area contributed by atoms with Crippen molar-refractivity contribution in [2.75, 3.05) is 5.75 Å². The van der Waals surface area contributed by atoms with Gasteiger partial charge in [0.1, 0.15) is 0 Å². The van der Waals surface area contributed by atoms with E-state index in [1.54, 1.807) is 34.2 Å². The van der Waals surface area contributed by atoms with Crippen LogP contribution in [0.15, 0.2) is 78.7 Å². The average Bonchev–Trinajstić information content (AvgIpc) is 3.33. The molecule has 1 aliphatic rings. The Bertz CT molecular complexity index is 1130. The minimum Gasteiger partial charge on any atom is -0.327 e. The van der Waals surface area contributed by atoms with Gasteiger partial charge in [0.25, 0.3) is 5.91 Å². The molecule has 0 N–H and O–H groups in total. The zero-order valence-electron chi connectivity index (χ0n) is 15.6. The minimum atomic E-state index is -3.29. The molecule has 1 unspecified atom stereocenters. The zero-order valence-corrected chi connectivity index (χ0v) is 16.4. The smallest absolute Gasteiger partial charge is 0.257 e. The van der Waals surface area contributed by atoms with Crippen LogP contribution in [0.3, 0.4) is 0 Å². The fourth-order valence-electron chi connectivity index (χ4n) is 3.27. The van der Waals surface area contributed by atoms with E-state index in [1.807, 2.05) is 42.5 Å². The maximum Gasteiger partial charge on any atom is 0.257 e. The van der Waals surface area contributed by atoms with Gasteiger partial charge in [0.05, 0.1) is 30.1 Å². The third-order valence-corrected chi connectivity index (χ3v) is 6.12. The number of nitrogens with zero attached hydrogens (tertiary/aromatic N) is 4. The first-order chi connectivity index (χ1) is 14.0. The van der Waals surface area contributed by atoms with E-state index in [0.717, 1.165) is 11.1 Å². The van der Waals surface area contributed by atoms with E-state index in [4.69, 9.17) is 0 Å². The summed E-state index contributed by atoms with van der Waals surface area (Å²) in [5.41, 5.74) is 2.38. The molecule has 4 rings (SSSR count). The number of benzene rings is 1. The van der Waals surface area contributed by atoms with Crippen LogP contribution in [0.2, 0.25) is 0 Å². The molecule has 0 saturated heterocycles. The Morgan fingerprint density at radius 3 is 2.55 bits per heavy atom. The van der Waals surface area contributed by atoms with Gasteiger partial charge in [-0.25, -0.2) is 8.42 Å². The molecule has 7 nitrogen and oxygen atoms in total. The van der Waals surface area contributed by atoms with Gasteiger partial charge < -0.3 is 4.90 Å². The first kappa shape index (κ1) is 19.1. The summed E-state index contributed by atoms with van der Waals surface area (Å²) >= 11 is 0. The van der Waals surface area contributed by atoms with Crippen molar-refractivity contribution in [1.29, 1.82) is 0 Å². The number of carbonyl (C=O) groups is 1. The predicted octanol–water partition coefficient (Wildman–Crippen LogP) is 2.28. The van der Waals surface area contributed by atoms with Crippen LogP contribution in [0.4, 0.5) is 0 Å². The first-order valence-corrected chi connectivity index (χ1v) is 10.9. The normalized spacial score (nSPS) is 17.3. The Labute approximate surface area is 169 Å². The first-order valence-electron chi connectivity index (χ1n) is 9.17. The van der Waals surface area contributed by atoms with E-state index in [0.29, 0.717) is 12.1 Å². The van der Waals surface area contributed by atoms with Gasteiger partial charge >= 0.3 is 0 Å². The molecule has 8 heteroatoms. The van der Waals surface area contributed by atoms with Crippen LogP contribution in [0.1, 0.15) is 21.5 Å². The van der Waals surface area contributed by atoms with Gasteiger partial charge in [-0.1, -0.05) is 30.3 Å². The Balaban J connectivity index is 1.57. The van der Waals surface area contributed by atoms with Gasteiger partial charge in [-0.3, -0.25) is 14.5 Å². The van der Waals surface area contributed by atoms with Gasteiger partial charge in [-0.15, -0.1) is 0 Å². The molecule has 0 saturated carbocycles. The highest BCUT2D eigenvalue weighted by molar-refractivity contribution is 7.94. The molecule has 1 aromatic carbocycles. The van der Waals surface area contributed by atoms with Gasteiger partial charge in [0.15, 0.2) is 9.84 Å². The summed E-state index contributed by atoms with van der Waals surface area (Å²) in [5, 5.41) is 5.48. The summed E-state index contributed by atoms with van der Waals surface area (Å²) < 4.78 is 25.5. The van der Waals surface area contributed by atoms with Crippen molar-refractivity contribution in [3.63, 3.8) is 0 Å². The molecule has 0 bridgehead atoms. The summed E-state index contributed by atoms with van der Waals surface area (Å²) in [4.78, 5) is 18.8. The summed E-state index contributed by atoms with van der Waals surface area (Å²) in [7, 11) is -3.29. The lowest BCUT2D eigenvalue weighted by Gasteiger charge is -2.27. The predicted molar refractivity (Wildman–Crippen MR) is 109 cm³/mol. The fourth-order valence-corrected chi connectivity index (χ4v) is 4.57. The van der Waals surface area contributed by atoms with Gasteiger partial charge in [-0.05, 0) is 29.3 Å². The van der Waals surface area contributed by atoms with Crippen LogP contribution < -0.4 is 0 Å². The summed E-state index contributed by atoms with van der Waals surface area (Å²) in [6, 6.07) is 12.9. The van der Waals surface area contributed by atoms with Crippen LogP contribution in [-0.2, 0) is 22.9 Å². The summed E-state index contributed by atoms with van der Waals surface area (Å²) in [6.45, 7) is 0.839. The number of pyridine rings is 1. The van der Waals surface area contributed by atoms with Crippen molar-refractivity contribution < 1.29 is 13.2 Å². The molecule has 1 atom stereocenters. The van der Waals surface area contributed by atoms with E-state index < -0.39 is 15.9 Å². The third-order valence-electron chi connectivity index (χ3n) is 4.74. The molecular formula is C21H20N4O3S. The summed E-state index contributed by atoms with van der Waals surface area (Å²) in [5.74, 6) is -0.366. The van der Waals surface area contributed by atoms with Crippen LogP contribution in [0.25, 0.3) is 0 Å². The van der Waals surface area contributed by atoms with Gasteiger partial charge in [0.2, 0.25) is 0 Å². The number of rotatable bonds is 6. The number of aromatic nitrogens is 3. The van der Waals surface area contributed by atoms with E-state index in [9.17, 15) is 13.2 Å². The molecule has 1 aliphatic heterocycles. The second kappa shape index (κ2) is 8.00. The quantitative estimate of drug-likeness (QED) is 0.625. The highest BCUT2D eigenvalue weighted by Crippen LogP contribution is 2.20. The standard InChI is InChI=1S/C21H20N4O3S/c26-21(19-12-23-24(15-19)13-17-4-2-1-3-5-17)25(14-18-6-9-22-10-7-18)20-8-11-29(27,28)16-20/h1-12,15,20H,13-14,16H2. The second-order valence-corrected chi connectivity index (χ2v) is 8.86. The monoisotopic (exact) mass is 408 g/mol. The van der Waals surface area contributed by atoms with E-state index in [1.165, 1.54) is 11.6 Å². The van der Waals surface area contributed by atoms with Crippen molar-refractivity contribution in [2.45, 2.75) is 19.1 Å². The largest absolute Gasteiger partial charge is 0.327 e. The summed E-state index contributed by atoms with van der Waals surface area (Å²) in [6.07, 6.45) is 8.09. The number of hydrogen-bond acceptors (Lipinski definition) is 5. The van der Waals surface area contributed by atoms with Crippen LogP contribution in [0.5, 0.6) is 0 Å². The van der Waals surface area contributed by atoms with E-state index >= 15 is 0 Å². The van der Waals surface area contributed by atoms with Crippen molar-refractivity contribution in [3.8, 4) is 0 Å². The van der Waals surface area contributed by atoms with E-state index in [2.05, 4.69) is 10.1 Å². The van der Waals surface area contributed by atoms with Gasteiger partial charge in [0, 0.05) is 30.5 Å². The van der Waals surface area contributed by atoms with Crippen molar-refractivity contribution in [3.05, 3.63) is 95.4 Å². The van der Waals surface area contributed by atoms with Crippen LogP contribution in [-0.4, -0.2) is 45.8 Å². The zero-order chi connectivity index (χ0) is 20.3. The topological polar surface area (TPSA) is 85.2 Å². The Kier molecular flexibility index (Phi) is 5.26. The molecule has 2 aromatic heterocycles. The molecule has 0 aliphatic carbocycles. The second-order valence-electron chi connectivity index (χ2n) is 6.93. The Morgan fingerprint density at radius 1 is 1.10 bits per heavy atom. The molecule has 0 fully saturated rings. The van der Waals surface area contributed by atoms with Crippen molar-refractivity contribution in [1.82, 2.24) is 19.7 Å². The number of carbonyl (C=O) groups excluding carboxylic acids is 1. The van der Waals surface area contributed by atoms with Gasteiger partial charge in [-0.2, -0.15) is 5.10 Å². The number of hydrogen-bond donors (Lipinski definition) is 0. The maximum atomic E-state index is 13.2. The molecule has 3 aromatic rings. The van der Waals surface area contributed by atoms with Crippen LogP contribution in [0, 0.1) is 0 Å². The highest BCUT2D eigenvalue weighted by Gasteiger charge is 2.31. The average molecular weight is 408 g/mol. The highest BCUT2D eigenvalue weighted by atomic mass is 32.2. The molecule has 148 valence electrons. The Morgan fingerprint density at radius 2 is 1.86 bits per heavy atom. The minimum absolute atomic E-state index is 0.109. The fraction of sp³-hybridized carbons (Fsp3) is 0.190.